The Morgan fingerprint density at radius 2 is 1.33 bits per heavy atom. The first-order chi connectivity index (χ1) is 6.77. The minimum absolute atomic E-state index is 0.0119. The number of Topliss-reactive ketones (excluding diaryl/α,β-unsaturated/α-hetero) is 1. The van der Waals surface area contributed by atoms with E-state index in [2.05, 4.69) is 20.0 Å². The third kappa shape index (κ3) is 4.53. The van der Waals surface area contributed by atoms with Gasteiger partial charge in [0.25, 0.3) is 0 Å². The molecule has 0 atom stereocenters. The van der Waals surface area contributed by atoms with E-state index in [-0.39, 0.29) is 11.6 Å². The second-order valence-electron chi connectivity index (χ2n) is 4.11. The lowest BCUT2D eigenvalue weighted by atomic mass is 9.92. The summed E-state index contributed by atoms with van der Waals surface area (Å²) in [6.07, 6.45) is 1.39. The molecule has 1 rings (SSSR count). The second kappa shape index (κ2) is 5.97. The Bertz CT molecular complexity index is 333. The van der Waals surface area contributed by atoms with Crippen molar-refractivity contribution in [1.82, 2.24) is 0 Å². The largest absolute Gasteiger partial charge is 0.290 e. The van der Waals surface area contributed by atoms with Crippen LogP contribution in [0.2, 0.25) is 0 Å². The van der Waals surface area contributed by atoms with Crippen LogP contribution in [-0.4, -0.2) is 31.6 Å². The zero-order chi connectivity index (χ0) is 12.2. The van der Waals surface area contributed by atoms with E-state index in [1.807, 2.05) is 0 Å². The first kappa shape index (κ1) is 14.2. The molecule has 15 heavy (non-hydrogen) atoms. The number of hydrogen-bond donors (Lipinski definition) is 0. The molecule has 0 bridgehead atoms. The van der Waals surface area contributed by atoms with Gasteiger partial charge in [-0.25, -0.2) is 0 Å². The van der Waals surface area contributed by atoms with Crippen molar-refractivity contribution < 1.29 is 9.59 Å². The van der Waals surface area contributed by atoms with Crippen molar-refractivity contribution in [3.05, 3.63) is 22.8 Å². The third-order valence-corrected chi connectivity index (χ3v) is 1.98. The second-order valence-corrected chi connectivity index (χ2v) is 6.80. The number of hydrogen-bond acceptors (Lipinski definition) is 2. The molecular formula is C12H19O2P. The molecule has 2 nitrogen and oxygen atoms in total. The molecule has 3 heteroatoms. The smallest absolute Gasteiger partial charge is 0.184 e. The summed E-state index contributed by atoms with van der Waals surface area (Å²) in [7, 11) is 0.380. The summed E-state index contributed by atoms with van der Waals surface area (Å²) in [5.74, 6) is -0.0540. The number of allylic oxidation sites excluding steroid dienone is 4. The highest BCUT2D eigenvalue weighted by Gasteiger charge is 2.19. The van der Waals surface area contributed by atoms with E-state index >= 15 is 0 Å². The molecule has 84 valence electrons. The highest BCUT2D eigenvalue weighted by atomic mass is 31.1. The topological polar surface area (TPSA) is 34.1 Å². The Hall–Kier alpha value is -0.750. The maximum atomic E-state index is 11.2. The van der Waals surface area contributed by atoms with Crippen molar-refractivity contribution in [3.8, 4) is 0 Å². The van der Waals surface area contributed by atoms with Gasteiger partial charge in [-0.05, 0) is 46.8 Å². The fraction of sp³-hybridized carbons (Fsp3) is 0.500. The summed E-state index contributed by atoms with van der Waals surface area (Å²) in [6, 6.07) is 0. The van der Waals surface area contributed by atoms with Gasteiger partial charge in [-0.2, -0.15) is 0 Å². The van der Waals surface area contributed by atoms with Crippen molar-refractivity contribution in [2.45, 2.75) is 20.8 Å². The standard InChI is InChI=1S/C9H10O2.C3H9P/c1-5-4-8(10)6(2)7(3)9(5)11;1-4(2)3/h4H,1-3H3;1-3H3. The molecule has 0 amide bonds. The van der Waals surface area contributed by atoms with Gasteiger partial charge in [0.1, 0.15) is 0 Å². The summed E-state index contributed by atoms with van der Waals surface area (Å²) in [4.78, 5) is 22.3. The van der Waals surface area contributed by atoms with Crippen LogP contribution in [0.4, 0.5) is 0 Å². The van der Waals surface area contributed by atoms with Crippen LogP contribution in [0.5, 0.6) is 0 Å². The van der Waals surface area contributed by atoms with Crippen LogP contribution >= 0.6 is 7.92 Å². The van der Waals surface area contributed by atoms with Crippen LogP contribution in [0.25, 0.3) is 0 Å². The van der Waals surface area contributed by atoms with Gasteiger partial charge in [0.15, 0.2) is 11.6 Å². The van der Waals surface area contributed by atoms with Crippen LogP contribution < -0.4 is 0 Å². The quantitative estimate of drug-likeness (QED) is 0.470. The van der Waals surface area contributed by atoms with Crippen LogP contribution in [0.3, 0.4) is 0 Å². The van der Waals surface area contributed by atoms with Crippen LogP contribution in [0, 0.1) is 0 Å². The molecule has 0 unspecified atom stereocenters. The fourth-order valence-electron chi connectivity index (χ4n) is 1.02. The van der Waals surface area contributed by atoms with Crippen LogP contribution in [-0.2, 0) is 9.59 Å². The summed E-state index contributed by atoms with van der Waals surface area (Å²) in [6.45, 7) is 11.7. The van der Waals surface area contributed by atoms with Crippen LogP contribution in [0.1, 0.15) is 20.8 Å². The molecule has 0 heterocycles. The van der Waals surface area contributed by atoms with Gasteiger partial charge in [0.05, 0.1) is 0 Å². The van der Waals surface area contributed by atoms with Gasteiger partial charge >= 0.3 is 0 Å². The monoisotopic (exact) mass is 226 g/mol. The minimum atomic E-state index is -0.0420. The number of rotatable bonds is 0. The molecule has 1 aliphatic carbocycles. The molecule has 0 radical (unpaired) electrons. The van der Waals surface area contributed by atoms with E-state index in [0.717, 1.165) is 0 Å². The highest BCUT2D eigenvalue weighted by Crippen LogP contribution is 2.17. The van der Waals surface area contributed by atoms with Crippen LogP contribution in [0.15, 0.2) is 22.8 Å². The molecule has 0 saturated heterocycles. The average Bonchev–Trinajstić information content (AvgIpc) is 2.11. The molecule has 0 aliphatic heterocycles. The number of carbonyl (C=O) groups excluding carboxylic acids is 2. The Morgan fingerprint density at radius 3 is 1.73 bits per heavy atom. The first-order valence-corrected chi connectivity index (χ1v) is 7.51. The lowest BCUT2D eigenvalue weighted by Crippen LogP contribution is -2.14. The fourth-order valence-corrected chi connectivity index (χ4v) is 1.02. The molecule has 0 fully saturated rings. The Morgan fingerprint density at radius 1 is 0.933 bits per heavy atom. The molecule has 0 N–H and O–H groups in total. The Labute approximate surface area is 93.2 Å². The van der Waals surface area contributed by atoms with Gasteiger partial charge in [0, 0.05) is 16.7 Å². The van der Waals surface area contributed by atoms with E-state index in [1.165, 1.54) is 6.08 Å². The number of carbonyl (C=O) groups is 2. The molecule has 0 saturated carbocycles. The summed E-state index contributed by atoms with van der Waals surface area (Å²) < 4.78 is 0. The normalized spacial score (nSPS) is 16.3. The highest BCUT2D eigenvalue weighted by molar-refractivity contribution is 7.55. The summed E-state index contributed by atoms with van der Waals surface area (Å²) >= 11 is 0. The SMILES string of the molecule is CC1=CC(=O)C(C)=C(C)C1=O.CP(C)C. The van der Waals surface area contributed by atoms with Crippen molar-refractivity contribution >= 4 is 19.5 Å². The maximum absolute atomic E-state index is 11.2. The van der Waals surface area contributed by atoms with Crippen molar-refractivity contribution in [2.75, 3.05) is 20.0 Å². The summed E-state index contributed by atoms with van der Waals surface area (Å²) in [5, 5.41) is 0. The zero-order valence-electron chi connectivity index (χ0n) is 10.3. The maximum Gasteiger partial charge on any atom is 0.184 e. The van der Waals surface area contributed by atoms with Gasteiger partial charge in [-0.1, -0.05) is 0 Å². The molecule has 0 aromatic heterocycles. The molecule has 0 aromatic rings. The van der Waals surface area contributed by atoms with Crippen molar-refractivity contribution in [3.63, 3.8) is 0 Å². The van der Waals surface area contributed by atoms with Gasteiger partial charge < -0.3 is 0 Å². The van der Waals surface area contributed by atoms with E-state index in [4.69, 9.17) is 0 Å². The molecule has 0 spiro atoms. The van der Waals surface area contributed by atoms with E-state index < -0.39 is 0 Å². The molecule has 0 aromatic carbocycles. The predicted octanol–water partition coefficient (Wildman–Crippen LogP) is 2.78. The van der Waals surface area contributed by atoms with Gasteiger partial charge in [-0.3, -0.25) is 9.59 Å². The Balaban J connectivity index is 0.000000423. The average molecular weight is 226 g/mol. The van der Waals surface area contributed by atoms with Crippen molar-refractivity contribution in [2.24, 2.45) is 0 Å². The first-order valence-electron chi connectivity index (χ1n) is 4.83. The van der Waals surface area contributed by atoms with Gasteiger partial charge in [-0.15, -0.1) is 7.92 Å². The van der Waals surface area contributed by atoms with Gasteiger partial charge in [0.2, 0.25) is 0 Å². The molecule has 1 aliphatic rings. The summed E-state index contributed by atoms with van der Waals surface area (Å²) in [5.41, 5.74) is 1.69. The minimum Gasteiger partial charge on any atom is -0.290 e. The van der Waals surface area contributed by atoms with E-state index in [0.29, 0.717) is 24.6 Å². The zero-order valence-corrected chi connectivity index (χ0v) is 11.2. The van der Waals surface area contributed by atoms with Crippen molar-refractivity contribution in [1.29, 1.82) is 0 Å². The van der Waals surface area contributed by atoms with E-state index in [9.17, 15) is 9.59 Å². The van der Waals surface area contributed by atoms with E-state index in [1.54, 1.807) is 20.8 Å². The lowest BCUT2D eigenvalue weighted by Gasteiger charge is -2.09. The number of ketones is 2. The predicted molar refractivity (Wildman–Crippen MR) is 66.8 cm³/mol. The lowest BCUT2D eigenvalue weighted by molar-refractivity contribution is -0.115. The third-order valence-electron chi connectivity index (χ3n) is 1.98. The molecular weight excluding hydrogens is 207 g/mol. The Kier molecular flexibility index (Phi) is 5.67.